The van der Waals surface area contributed by atoms with Gasteiger partial charge in [0.25, 0.3) is 11.1 Å². The van der Waals surface area contributed by atoms with Gasteiger partial charge in [-0.05, 0) is 13.0 Å². The molecule has 2 aliphatic rings. The Bertz CT molecular complexity index is 796. The number of hydrogen-bond acceptors (Lipinski definition) is 8. The van der Waals surface area contributed by atoms with E-state index in [0.29, 0.717) is 23.8 Å². The fraction of sp³-hybridized carbons (Fsp3) is 0.412. The van der Waals surface area contributed by atoms with Crippen molar-refractivity contribution in [3.05, 3.63) is 17.7 Å². The fourth-order valence-electron chi connectivity index (χ4n) is 2.60. The van der Waals surface area contributed by atoms with Gasteiger partial charge < -0.3 is 24.4 Å². The van der Waals surface area contributed by atoms with E-state index in [2.05, 4.69) is 5.32 Å². The van der Waals surface area contributed by atoms with Crippen molar-refractivity contribution in [2.24, 2.45) is 0 Å². The molecule has 2 heterocycles. The lowest BCUT2D eigenvalue weighted by Gasteiger charge is -2.14. The Kier molecular flexibility index (Phi) is 5.84. The van der Waals surface area contributed by atoms with Crippen LogP contribution in [0.5, 0.6) is 11.5 Å². The summed E-state index contributed by atoms with van der Waals surface area (Å²) in [6, 6.07) is 2.99. The molecule has 1 N–H and O–H groups in total. The summed E-state index contributed by atoms with van der Waals surface area (Å²) in [5.74, 6) is 0.142. The normalized spacial score (nSPS) is 15.0. The Morgan fingerprint density at radius 2 is 2.00 bits per heavy atom. The summed E-state index contributed by atoms with van der Waals surface area (Å²) < 4.78 is 15.4. The SMILES string of the molecule is CC(=O)c1cc2c(cc1NC(=O)COC(=O)CCN1CCSC1=O)OCO2. The minimum absolute atomic E-state index is 0.0162. The molecule has 144 valence electrons. The Labute approximate surface area is 159 Å². The minimum Gasteiger partial charge on any atom is -0.456 e. The summed E-state index contributed by atoms with van der Waals surface area (Å²) in [6.07, 6.45) is 0.0162. The zero-order valence-corrected chi connectivity index (χ0v) is 15.4. The number of Topliss-reactive ketones (excluding diaryl/α,β-unsaturated/α-hetero) is 1. The Morgan fingerprint density at radius 3 is 2.67 bits per heavy atom. The molecule has 0 unspecified atom stereocenters. The molecule has 0 spiro atoms. The van der Waals surface area contributed by atoms with Crippen molar-refractivity contribution in [1.82, 2.24) is 4.90 Å². The van der Waals surface area contributed by atoms with Crippen molar-refractivity contribution < 1.29 is 33.4 Å². The molecule has 1 fully saturated rings. The fourth-order valence-corrected chi connectivity index (χ4v) is 3.45. The Hall–Kier alpha value is -2.75. The van der Waals surface area contributed by atoms with Gasteiger partial charge in [-0.25, -0.2) is 0 Å². The number of benzene rings is 1. The first-order valence-corrected chi connectivity index (χ1v) is 9.24. The van der Waals surface area contributed by atoms with Crippen LogP contribution in [0.25, 0.3) is 0 Å². The van der Waals surface area contributed by atoms with Crippen molar-refractivity contribution in [3.63, 3.8) is 0 Å². The van der Waals surface area contributed by atoms with Crippen LogP contribution in [-0.2, 0) is 14.3 Å². The smallest absolute Gasteiger partial charge is 0.308 e. The zero-order valence-electron chi connectivity index (χ0n) is 14.6. The number of rotatable bonds is 7. The second-order valence-corrected chi connectivity index (χ2v) is 6.91. The molecule has 0 radical (unpaired) electrons. The van der Waals surface area contributed by atoms with Gasteiger partial charge in [-0.15, -0.1) is 0 Å². The van der Waals surface area contributed by atoms with Crippen molar-refractivity contribution in [2.45, 2.75) is 13.3 Å². The number of ketones is 1. The number of fused-ring (bicyclic) bond motifs is 1. The summed E-state index contributed by atoms with van der Waals surface area (Å²) in [6.45, 7) is 1.79. The molecule has 1 aromatic rings. The van der Waals surface area contributed by atoms with Gasteiger partial charge in [0.05, 0.1) is 12.1 Å². The molecule has 3 rings (SSSR count). The van der Waals surface area contributed by atoms with Gasteiger partial charge in [0.15, 0.2) is 23.9 Å². The summed E-state index contributed by atoms with van der Waals surface area (Å²) in [5.41, 5.74) is 0.524. The molecule has 0 bridgehead atoms. The molecule has 27 heavy (non-hydrogen) atoms. The number of ether oxygens (including phenoxy) is 3. The summed E-state index contributed by atoms with van der Waals surface area (Å²) >= 11 is 1.21. The number of amides is 2. The molecule has 0 saturated carbocycles. The average molecular weight is 394 g/mol. The number of carbonyl (C=O) groups excluding carboxylic acids is 4. The van der Waals surface area contributed by atoms with E-state index in [4.69, 9.17) is 14.2 Å². The van der Waals surface area contributed by atoms with Gasteiger partial charge in [-0.2, -0.15) is 0 Å². The van der Waals surface area contributed by atoms with Crippen LogP contribution >= 0.6 is 11.8 Å². The number of carbonyl (C=O) groups is 4. The van der Waals surface area contributed by atoms with Gasteiger partial charge in [-0.1, -0.05) is 11.8 Å². The standard InChI is InChI=1S/C17H18N2O7S/c1-10(20)11-6-13-14(26-9-25-13)7-12(11)18-15(21)8-24-16(22)2-3-19-4-5-27-17(19)23/h6-7H,2-5,8-9H2,1H3,(H,18,21). The Morgan fingerprint density at radius 1 is 1.26 bits per heavy atom. The van der Waals surface area contributed by atoms with E-state index in [9.17, 15) is 19.2 Å². The third kappa shape index (κ3) is 4.70. The number of esters is 1. The van der Waals surface area contributed by atoms with Crippen molar-refractivity contribution >= 4 is 40.3 Å². The predicted molar refractivity (Wildman–Crippen MR) is 96.2 cm³/mol. The van der Waals surface area contributed by atoms with Gasteiger partial charge in [0.2, 0.25) is 6.79 Å². The number of hydrogen-bond donors (Lipinski definition) is 1. The molecule has 1 aromatic carbocycles. The molecule has 0 atom stereocenters. The van der Waals surface area contributed by atoms with E-state index < -0.39 is 18.5 Å². The zero-order chi connectivity index (χ0) is 19.4. The molecule has 1 saturated heterocycles. The van der Waals surface area contributed by atoms with Gasteiger partial charge in [0, 0.05) is 30.5 Å². The van der Waals surface area contributed by atoms with E-state index in [1.807, 2.05) is 0 Å². The first-order chi connectivity index (χ1) is 12.9. The van der Waals surface area contributed by atoms with Crippen LogP contribution in [0.15, 0.2) is 12.1 Å². The van der Waals surface area contributed by atoms with Crippen molar-refractivity contribution in [3.8, 4) is 11.5 Å². The summed E-state index contributed by atoms with van der Waals surface area (Å²) in [4.78, 5) is 48.6. The second-order valence-electron chi connectivity index (χ2n) is 5.87. The number of anilines is 1. The minimum atomic E-state index is -0.586. The van der Waals surface area contributed by atoms with Gasteiger partial charge in [0.1, 0.15) is 0 Å². The first-order valence-electron chi connectivity index (χ1n) is 8.26. The molecular weight excluding hydrogens is 376 g/mol. The molecule has 2 aliphatic heterocycles. The summed E-state index contributed by atoms with van der Waals surface area (Å²) in [5, 5.41) is 2.49. The number of thioether (sulfide) groups is 1. The lowest BCUT2D eigenvalue weighted by Crippen LogP contribution is -2.28. The van der Waals surface area contributed by atoms with Crippen LogP contribution in [0.2, 0.25) is 0 Å². The molecular formula is C17H18N2O7S. The van der Waals surface area contributed by atoms with E-state index in [0.717, 1.165) is 0 Å². The maximum Gasteiger partial charge on any atom is 0.308 e. The van der Waals surface area contributed by atoms with E-state index in [1.54, 1.807) is 4.90 Å². The van der Waals surface area contributed by atoms with E-state index in [1.165, 1.54) is 30.8 Å². The molecule has 10 heteroatoms. The maximum absolute atomic E-state index is 12.1. The van der Waals surface area contributed by atoms with Crippen LogP contribution in [0.1, 0.15) is 23.7 Å². The van der Waals surface area contributed by atoms with Crippen LogP contribution in [0, 0.1) is 0 Å². The second kappa shape index (κ2) is 8.30. The van der Waals surface area contributed by atoms with Crippen LogP contribution in [-0.4, -0.2) is 60.0 Å². The largest absolute Gasteiger partial charge is 0.456 e. The van der Waals surface area contributed by atoms with Crippen molar-refractivity contribution in [1.29, 1.82) is 0 Å². The highest BCUT2D eigenvalue weighted by molar-refractivity contribution is 8.13. The quantitative estimate of drug-likeness (QED) is 0.549. The number of nitrogens with one attached hydrogen (secondary N) is 1. The first kappa shape index (κ1) is 19.0. The van der Waals surface area contributed by atoms with Gasteiger partial charge >= 0.3 is 5.97 Å². The van der Waals surface area contributed by atoms with E-state index in [-0.39, 0.29) is 42.0 Å². The maximum atomic E-state index is 12.1. The lowest BCUT2D eigenvalue weighted by atomic mass is 10.1. The highest BCUT2D eigenvalue weighted by atomic mass is 32.2. The average Bonchev–Trinajstić information content (AvgIpc) is 3.25. The molecule has 0 aliphatic carbocycles. The Balaban J connectivity index is 1.51. The molecule has 2 amide bonds. The predicted octanol–water partition coefficient (Wildman–Crippen LogP) is 1.66. The topological polar surface area (TPSA) is 111 Å². The molecule has 0 aromatic heterocycles. The van der Waals surface area contributed by atoms with Crippen LogP contribution in [0.4, 0.5) is 10.5 Å². The van der Waals surface area contributed by atoms with Crippen LogP contribution in [0.3, 0.4) is 0 Å². The molecule has 9 nitrogen and oxygen atoms in total. The lowest BCUT2D eigenvalue weighted by molar-refractivity contribution is -0.147. The van der Waals surface area contributed by atoms with Crippen LogP contribution < -0.4 is 14.8 Å². The van der Waals surface area contributed by atoms with Crippen molar-refractivity contribution in [2.75, 3.05) is 37.6 Å². The highest BCUT2D eigenvalue weighted by Gasteiger charge is 2.23. The third-order valence-corrected chi connectivity index (χ3v) is 4.85. The third-order valence-electron chi connectivity index (χ3n) is 3.96. The van der Waals surface area contributed by atoms with Gasteiger partial charge in [-0.3, -0.25) is 19.2 Å². The summed E-state index contributed by atoms with van der Waals surface area (Å²) in [7, 11) is 0. The number of nitrogens with zero attached hydrogens (tertiary/aromatic N) is 1. The highest BCUT2D eigenvalue weighted by Crippen LogP contribution is 2.37. The monoisotopic (exact) mass is 394 g/mol. The van der Waals surface area contributed by atoms with E-state index >= 15 is 0 Å².